The number of unbranched alkanes of at least 4 members (excludes halogenated alkanes) is 1. The van der Waals surface area contributed by atoms with Crippen LogP contribution >= 0.6 is 11.6 Å². The summed E-state index contributed by atoms with van der Waals surface area (Å²) in [5.74, 6) is -0.185. The zero-order chi connectivity index (χ0) is 17.5. The van der Waals surface area contributed by atoms with Gasteiger partial charge in [0.1, 0.15) is 0 Å². The van der Waals surface area contributed by atoms with Gasteiger partial charge in [-0.2, -0.15) is 4.31 Å². The van der Waals surface area contributed by atoms with Crippen LogP contribution in [-0.2, 0) is 21.2 Å². The van der Waals surface area contributed by atoms with Gasteiger partial charge in [0, 0.05) is 25.2 Å². The van der Waals surface area contributed by atoms with E-state index in [9.17, 15) is 13.2 Å². The van der Waals surface area contributed by atoms with Crippen LogP contribution in [-0.4, -0.2) is 56.5 Å². The van der Waals surface area contributed by atoms with Gasteiger partial charge in [0.25, 0.3) is 0 Å². The summed E-state index contributed by atoms with van der Waals surface area (Å²) in [6, 6.07) is 7.29. The summed E-state index contributed by atoms with van der Waals surface area (Å²) in [7, 11) is -1.74. The first-order chi connectivity index (χ1) is 10.7. The molecule has 1 rings (SSSR count). The van der Waals surface area contributed by atoms with Crippen molar-refractivity contribution in [2.45, 2.75) is 26.2 Å². The highest BCUT2D eigenvalue weighted by Crippen LogP contribution is 2.12. The van der Waals surface area contributed by atoms with Gasteiger partial charge in [0.15, 0.2) is 0 Å². The van der Waals surface area contributed by atoms with Gasteiger partial charge in [-0.15, -0.1) is 0 Å². The van der Waals surface area contributed by atoms with Crippen molar-refractivity contribution in [1.82, 2.24) is 9.21 Å². The third-order valence-corrected chi connectivity index (χ3v) is 5.08. The number of benzene rings is 1. The molecule has 0 saturated carbocycles. The van der Waals surface area contributed by atoms with E-state index in [1.807, 2.05) is 19.1 Å². The van der Waals surface area contributed by atoms with Gasteiger partial charge in [-0.3, -0.25) is 4.79 Å². The molecule has 0 unspecified atom stereocenters. The van der Waals surface area contributed by atoms with Gasteiger partial charge in [-0.05, 0) is 30.5 Å². The lowest BCUT2D eigenvalue weighted by Gasteiger charge is -2.23. The number of amides is 1. The van der Waals surface area contributed by atoms with E-state index in [2.05, 4.69) is 0 Å². The maximum atomic E-state index is 12.2. The number of nitrogens with zero attached hydrogens (tertiary/aromatic N) is 2. The molecule has 0 aliphatic heterocycles. The molecule has 0 aliphatic rings. The van der Waals surface area contributed by atoms with Crippen LogP contribution in [0.5, 0.6) is 0 Å². The Hall–Kier alpha value is -1.11. The van der Waals surface area contributed by atoms with Crippen LogP contribution in [0, 0.1) is 0 Å². The smallest absolute Gasteiger partial charge is 0.237 e. The van der Waals surface area contributed by atoms with Gasteiger partial charge >= 0.3 is 0 Å². The Morgan fingerprint density at radius 1 is 1.26 bits per heavy atom. The van der Waals surface area contributed by atoms with E-state index in [4.69, 9.17) is 11.6 Å². The highest BCUT2D eigenvalue weighted by molar-refractivity contribution is 7.88. The second-order valence-electron chi connectivity index (χ2n) is 5.65. The maximum absolute atomic E-state index is 12.2. The third-order valence-electron chi connectivity index (χ3n) is 3.59. The number of carbonyl (C=O) groups excluding carboxylic acids is 1. The monoisotopic (exact) mass is 360 g/mol. The van der Waals surface area contributed by atoms with Gasteiger partial charge in [0.2, 0.25) is 15.9 Å². The molecule has 0 radical (unpaired) electrons. The lowest BCUT2D eigenvalue weighted by molar-refractivity contribution is -0.130. The zero-order valence-corrected chi connectivity index (χ0v) is 15.5. The molecular weight excluding hydrogens is 336 g/mol. The fourth-order valence-corrected chi connectivity index (χ4v) is 3.08. The predicted octanol–water partition coefficient (Wildman–Crippen LogP) is 2.40. The van der Waals surface area contributed by atoms with Crippen molar-refractivity contribution in [3.05, 3.63) is 34.9 Å². The molecule has 23 heavy (non-hydrogen) atoms. The Morgan fingerprint density at radius 3 is 2.52 bits per heavy atom. The maximum Gasteiger partial charge on any atom is 0.237 e. The first kappa shape index (κ1) is 19.9. The molecule has 1 aromatic rings. The molecule has 0 aliphatic carbocycles. The molecule has 1 amide bonds. The Balaban J connectivity index is 2.68. The summed E-state index contributed by atoms with van der Waals surface area (Å²) in [6.45, 7) is 2.82. The lowest BCUT2D eigenvalue weighted by atomic mass is 10.1. The van der Waals surface area contributed by atoms with E-state index in [0.29, 0.717) is 18.0 Å². The minimum absolute atomic E-state index is 0.125. The van der Waals surface area contributed by atoms with Gasteiger partial charge < -0.3 is 4.90 Å². The zero-order valence-electron chi connectivity index (χ0n) is 14.0. The average Bonchev–Trinajstić information content (AvgIpc) is 2.47. The van der Waals surface area contributed by atoms with E-state index in [0.717, 1.165) is 24.7 Å². The molecule has 0 N–H and O–H groups in total. The SMILES string of the molecule is CCCCN(C)C(=O)CN(CCc1cccc(Cl)c1)S(C)(=O)=O. The fraction of sp³-hybridized carbons (Fsp3) is 0.562. The summed E-state index contributed by atoms with van der Waals surface area (Å²) >= 11 is 5.93. The number of hydrogen-bond donors (Lipinski definition) is 0. The van der Waals surface area contributed by atoms with Crippen LogP contribution in [0.2, 0.25) is 5.02 Å². The van der Waals surface area contributed by atoms with Crippen molar-refractivity contribution in [3.63, 3.8) is 0 Å². The predicted molar refractivity (Wildman–Crippen MR) is 94.1 cm³/mol. The van der Waals surface area contributed by atoms with Crippen LogP contribution in [0.1, 0.15) is 25.3 Å². The molecule has 0 aromatic heterocycles. The number of sulfonamides is 1. The quantitative estimate of drug-likeness (QED) is 0.679. The van der Waals surface area contributed by atoms with Gasteiger partial charge in [-0.1, -0.05) is 37.1 Å². The topological polar surface area (TPSA) is 57.7 Å². The van der Waals surface area contributed by atoms with Crippen molar-refractivity contribution in [2.75, 3.05) is 32.9 Å². The van der Waals surface area contributed by atoms with Gasteiger partial charge in [0.05, 0.1) is 12.8 Å². The van der Waals surface area contributed by atoms with Gasteiger partial charge in [-0.25, -0.2) is 8.42 Å². The molecule has 0 fully saturated rings. The summed E-state index contributed by atoms with van der Waals surface area (Å²) < 4.78 is 25.1. The molecule has 0 bridgehead atoms. The Morgan fingerprint density at radius 2 is 1.96 bits per heavy atom. The van der Waals surface area contributed by atoms with Crippen LogP contribution in [0.15, 0.2) is 24.3 Å². The standard InChI is InChI=1S/C16H25ClN2O3S/c1-4-5-10-18(2)16(20)13-19(23(3,21)22)11-9-14-7-6-8-15(17)12-14/h6-8,12H,4-5,9-11,13H2,1-3H3. The van der Waals surface area contributed by atoms with Crippen molar-refractivity contribution in [1.29, 1.82) is 0 Å². The van der Waals surface area contributed by atoms with E-state index in [1.165, 1.54) is 4.31 Å². The second kappa shape index (κ2) is 9.25. The molecule has 0 atom stereocenters. The number of halogens is 1. The molecule has 0 spiro atoms. The third kappa shape index (κ3) is 7.33. The average molecular weight is 361 g/mol. The number of hydrogen-bond acceptors (Lipinski definition) is 3. The van der Waals surface area contributed by atoms with Crippen molar-refractivity contribution in [2.24, 2.45) is 0 Å². The van der Waals surface area contributed by atoms with E-state index in [-0.39, 0.29) is 19.0 Å². The van der Waals surface area contributed by atoms with E-state index in [1.54, 1.807) is 24.1 Å². The normalized spacial score (nSPS) is 11.7. The van der Waals surface area contributed by atoms with Crippen LogP contribution < -0.4 is 0 Å². The van der Waals surface area contributed by atoms with Crippen LogP contribution in [0.4, 0.5) is 0 Å². The summed E-state index contributed by atoms with van der Waals surface area (Å²) in [4.78, 5) is 13.8. The first-order valence-electron chi connectivity index (χ1n) is 7.67. The van der Waals surface area contributed by atoms with Crippen LogP contribution in [0.3, 0.4) is 0 Å². The van der Waals surface area contributed by atoms with E-state index >= 15 is 0 Å². The number of carbonyl (C=O) groups is 1. The second-order valence-corrected chi connectivity index (χ2v) is 8.06. The van der Waals surface area contributed by atoms with E-state index < -0.39 is 10.0 Å². The van der Waals surface area contributed by atoms with Crippen molar-refractivity contribution >= 4 is 27.5 Å². The highest BCUT2D eigenvalue weighted by Gasteiger charge is 2.21. The molecule has 0 heterocycles. The van der Waals surface area contributed by atoms with Crippen molar-refractivity contribution < 1.29 is 13.2 Å². The molecule has 0 saturated heterocycles. The van der Waals surface area contributed by atoms with Crippen molar-refractivity contribution in [3.8, 4) is 0 Å². The molecule has 7 heteroatoms. The summed E-state index contributed by atoms with van der Waals surface area (Å²) in [5, 5.41) is 0.615. The first-order valence-corrected chi connectivity index (χ1v) is 9.90. The Labute approximate surface area is 144 Å². The highest BCUT2D eigenvalue weighted by atomic mass is 35.5. The molecular formula is C16H25ClN2O3S. The molecule has 1 aromatic carbocycles. The summed E-state index contributed by atoms with van der Waals surface area (Å²) in [6.07, 6.45) is 3.54. The lowest BCUT2D eigenvalue weighted by Crippen LogP contribution is -2.42. The number of rotatable bonds is 9. The largest absolute Gasteiger partial charge is 0.345 e. The van der Waals surface area contributed by atoms with Crippen LogP contribution in [0.25, 0.3) is 0 Å². The minimum atomic E-state index is -3.44. The number of likely N-dealkylation sites (N-methyl/N-ethyl adjacent to an activating group) is 1. The molecule has 130 valence electrons. The fourth-order valence-electron chi connectivity index (χ4n) is 2.10. The Kier molecular flexibility index (Phi) is 8.02. The molecule has 5 nitrogen and oxygen atoms in total. The Bertz CT molecular complexity index is 620. The minimum Gasteiger partial charge on any atom is -0.345 e. The summed E-state index contributed by atoms with van der Waals surface area (Å²) in [5.41, 5.74) is 0.943.